The molecule has 2 aromatic carbocycles. The normalized spacial score (nSPS) is 10.4. The van der Waals surface area contributed by atoms with Crippen molar-refractivity contribution in [2.45, 2.75) is 13.3 Å². The van der Waals surface area contributed by atoms with Crippen LogP contribution in [0.15, 0.2) is 54.6 Å². The number of nitrogens with one attached hydrogen (secondary N) is 2. The molecule has 0 aliphatic rings. The van der Waals surface area contributed by atoms with Crippen LogP contribution in [0.2, 0.25) is 0 Å². The first kappa shape index (κ1) is 19.1. The summed E-state index contributed by atoms with van der Waals surface area (Å²) in [6, 6.07) is 14.2. The minimum Gasteiger partial charge on any atom is -0.496 e. The molecule has 0 heterocycles. The Morgan fingerprint density at radius 1 is 1.00 bits per heavy atom. The number of benzene rings is 2. The first-order chi connectivity index (χ1) is 12.7. The van der Waals surface area contributed by atoms with Gasteiger partial charge in [0.15, 0.2) is 0 Å². The summed E-state index contributed by atoms with van der Waals surface area (Å²) in [5.74, 6) is 0.222. The molecule has 0 bridgehead atoms. The molecule has 0 saturated heterocycles. The summed E-state index contributed by atoms with van der Waals surface area (Å²) in [6.45, 7) is 2.50. The largest absolute Gasteiger partial charge is 0.496 e. The number of methoxy groups -OCH3 is 1. The number of ether oxygens (including phenoxy) is 2. The zero-order chi connectivity index (χ0) is 18.8. The number of hydrogen-bond donors (Lipinski definition) is 2. The highest BCUT2D eigenvalue weighted by Crippen LogP contribution is 2.19. The second kappa shape index (κ2) is 9.88. The van der Waals surface area contributed by atoms with Crippen LogP contribution < -0.4 is 20.3 Å². The summed E-state index contributed by atoms with van der Waals surface area (Å²) in [4.78, 5) is 24.2. The SMILES string of the molecule is CCCOc1ccccc1C(=O)NNC(=O)/C=C/c1ccccc1OC. The number of rotatable bonds is 7. The van der Waals surface area contributed by atoms with Crippen molar-refractivity contribution in [2.24, 2.45) is 0 Å². The topological polar surface area (TPSA) is 76.7 Å². The maximum atomic E-state index is 12.3. The Bertz CT molecular complexity index is 787. The van der Waals surface area contributed by atoms with Gasteiger partial charge in [0.25, 0.3) is 11.8 Å². The van der Waals surface area contributed by atoms with E-state index in [2.05, 4.69) is 10.9 Å². The van der Waals surface area contributed by atoms with Gasteiger partial charge in [0.05, 0.1) is 19.3 Å². The maximum Gasteiger partial charge on any atom is 0.273 e. The zero-order valence-corrected chi connectivity index (χ0v) is 14.8. The molecule has 136 valence electrons. The fraction of sp³-hybridized carbons (Fsp3) is 0.200. The molecule has 0 radical (unpaired) electrons. The van der Waals surface area contributed by atoms with Crippen molar-refractivity contribution in [3.8, 4) is 11.5 Å². The molecule has 2 rings (SSSR count). The van der Waals surface area contributed by atoms with E-state index in [1.165, 1.54) is 6.08 Å². The smallest absolute Gasteiger partial charge is 0.273 e. The second-order valence-corrected chi connectivity index (χ2v) is 5.36. The highest BCUT2D eigenvalue weighted by molar-refractivity contribution is 5.99. The van der Waals surface area contributed by atoms with E-state index < -0.39 is 11.8 Å². The van der Waals surface area contributed by atoms with Gasteiger partial charge < -0.3 is 9.47 Å². The third kappa shape index (κ3) is 5.37. The Labute approximate surface area is 152 Å². The third-order valence-electron chi connectivity index (χ3n) is 3.45. The van der Waals surface area contributed by atoms with Crippen LogP contribution in [0.3, 0.4) is 0 Å². The van der Waals surface area contributed by atoms with Crippen molar-refractivity contribution >= 4 is 17.9 Å². The molecular weight excluding hydrogens is 332 g/mol. The van der Waals surface area contributed by atoms with Gasteiger partial charge in [-0.15, -0.1) is 0 Å². The minimum atomic E-state index is -0.462. The van der Waals surface area contributed by atoms with Gasteiger partial charge in [-0.2, -0.15) is 0 Å². The predicted octanol–water partition coefficient (Wildman–Crippen LogP) is 2.96. The Kier molecular flexibility index (Phi) is 7.24. The maximum absolute atomic E-state index is 12.3. The molecule has 26 heavy (non-hydrogen) atoms. The fourth-order valence-electron chi connectivity index (χ4n) is 2.19. The molecule has 0 saturated carbocycles. The van der Waals surface area contributed by atoms with Gasteiger partial charge >= 0.3 is 0 Å². The summed E-state index contributed by atoms with van der Waals surface area (Å²) in [6.07, 6.45) is 3.76. The molecule has 0 aliphatic heterocycles. The van der Waals surface area contributed by atoms with E-state index in [9.17, 15) is 9.59 Å². The Hall–Kier alpha value is -3.28. The van der Waals surface area contributed by atoms with Gasteiger partial charge in [-0.3, -0.25) is 20.4 Å². The quantitative estimate of drug-likeness (QED) is 0.592. The summed E-state index contributed by atoms with van der Waals surface area (Å²) in [7, 11) is 1.56. The average molecular weight is 354 g/mol. The molecule has 2 N–H and O–H groups in total. The van der Waals surface area contributed by atoms with Crippen LogP contribution in [0.25, 0.3) is 6.08 Å². The predicted molar refractivity (Wildman–Crippen MR) is 99.9 cm³/mol. The van der Waals surface area contributed by atoms with Crippen molar-refractivity contribution in [1.29, 1.82) is 0 Å². The van der Waals surface area contributed by atoms with E-state index in [1.54, 1.807) is 43.5 Å². The third-order valence-corrected chi connectivity index (χ3v) is 3.45. The van der Waals surface area contributed by atoms with Gasteiger partial charge in [0, 0.05) is 11.6 Å². The van der Waals surface area contributed by atoms with Gasteiger partial charge in [-0.25, -0.2) is 0 Å². The van der Waals surface area contributed by atoms with Crippen LogP contribution in [-0.2, 0) is 4.79 Å². The summed E-state index contributed by atoms with van der Waals surface area (Å²) in [5.41, 5.74) is 5.85. The number of carbonyl (C=O) groups is 2. The molecule has 0 aliphatic carbocycles. The summed E-state index contributed by atoms with van der Waals surface area (Å²) >= 11 is 0. The lowest BCUT2D eigenvalue weighted by molar-refractivity contribution is -0.117. The molecule has 0 fully saturated rings. The number of para-hydroxylation sites is 2. The Morgan fingerprint density at radius 3 is 2.42 bits per heavy atom. The van der Waals surface area contributed by atoms with Crippen molar-refractivity contribution < 1.29 is 19.1 Å². The molecule has 0 spiro atoms. The Morgan fingerprint density at radius 2 is 1.69 bits per heavy atom. The van der Waals surface area contributed by atoms with Gasteiger partial charge in [0.2, 0.25) is 0 Å². The van der Waals surface area contributed by atoms with E-state index in [-0.39, 0.29) is 0 Å². The molecule has 6 nitrogen and oxygen atoms in total. The van der Waals surface area contributed by atoms with E-state index >= 15 is 0 Å². The lowest BCUT2D eigenvalue weighted by Gasteiger charge is -2.11. The molecule has 2 amide bonds. The number of hydrogen-bond acceptors (Lipinski definition) is 4. The van der Waals surface area contributed by atoms with E-state index in [0.717, 1.165) is 12.0 Å². The summed E-state index contributed by atoms with van der Waals surface area (Å²) in [5, 5.41) is 0. The van der Waals surface area contributed by atoms with Crippen LogP contribution >= 0.6 is 0 Å². The molecule has 0 unspecified atom stereocenters. The van der Waals surface area contributed by atoms with Crippen LogP contribution in [0.1, 0.15) is 29.3 Å². The first-order valence-electron chi connectivity index (χ1n) is 8.29. The van der Waals surface area contributed by atoms with Crippen molar-refractivity contribution in [2.75, 3.05) is 13.7 Å². The highest BCUT2D eigenvalue weighted by atomic mass is 16.5. The van der Waals surface area contributed by atoms with Crippen LogP contribution in [0.5, 0.6) is 11.5 Å². The molecule has 0 atom stereocenters. The molecule has 2 aromatic rings. The molecule has 0 aromatic heterocycles. The van der Waals surface area contributed by atoms with Crippen LogP contribution in [0, 0.1) is 0 Å². The van der Waals surface area contributed by atoms with E-state index in [4.69, 9.17) is 9.47 Å². The lowest BCUT2D eigenvalue weighted by Crippen LogP contribution is -2.40. The number of amides is 2. The van der Waals surface area contributed by atoms with Crippen LogP contribution in [-0.4, -0.2) is 25.5 Å². The average Bonchev–Trinajstić information content (AvgIpc) is 2.69. The summed E-state index contributed by atoms with van der Waals surface area (Å²) < 4.78 is 10.8. The van der Waals surface area contributed by atoms with Gasteiger partial charge in [-0.05, 0) is 30.7 Å². The van der Waals surface area contributed by atoms with Gasteiger partial charge in [-0.1, -0.05) is 37.3 Å². The highest BCUT2D eigenvalue weighted by Gasteiger charge is 2.12. The van der Waals surface area contributed by atoms with E-state index in [1.807, 2.05) is 25.1 Å². The van der Waals surface area contributed by atoms with Crippen molar-refractivity contribution in [3.63, 3.8) is 0 Å². The molecular formula is C20H22N2O4. The van der Waals surface area contributed by atoms with Crippen molar-refractivity contribution in [1.82, 2.24) is 10.9 Å². The standard InChI is InChI=1S/C20H22N2O4/c1-3-14-26-18-11-7-5-9-16(18)20(24)22-21-19(23)13-12-15-8-4-6-10-17(15)25-2/h4-13H,3,14H2,1-2H3,(H,21,23)(H,22,24)/b13-12+. The fourth-order valence-corrected chi connectivity index (χ4v) is 2.19. The molecule has 6 heteroatoms. The zero-order valence-electron chi connectivity index (χ0n) is 14.8. The Balaban J connectivity index is 1.95. The number of hydrazine groups is 1. The second-order valence-electron chi connectivity index (χ2n) is 5.36. The van der Waals surface area contributed by atoms with Gasteiger partial charge in [0.1, 0.15) is 11.5 Å². The first-order valence-corrected chi connectivity index (χ1v) is 8.29. The monoisotopic (exact) mass is 354 g/mol. The van der Waals surface area contributed by atoms with E-state index in [0.29, 0.717) is 23.7 Å². The van der Waals surface area contributed by atoms with Crippen LogP contribution in [0.4, 0.5) is 0 Å². The number of carbonyl (C=O) groups excluding carboxylic acids is 2. The van der Waals surface area contributed by atoms with Crippen molar-refractivity contribution in [3.05, 3.63) is 65.7 Å². The lowest BCUT2D eigenvalue weighted by atomic mass is 10.2. The minimum absolute atomic E-state index is 0.356.